The summed E-state index contributed by atoms with van der Waals surface area (Å²) >= 11 is 2.07. The molecule has 0 aromatic carbocycles. The van der Waals surface area contributed by atoms with Crippen LogP contribution in [-0.2, 0) is 12.8 Å². The summed E-state index contributed by atoms with van der Waals surface area (Å²) in [6, 6.07) is 3.82. The van der Waals surface area contributed by atoms with Gasteiger partial charge in [-0.1, -0.05) is 19.3 Å². The van der Waals surface area contributed by atoms with E-state index in [9.17, 15) is 0 Å². The van der Waals surface area contributed by atoms with Gasteiger partial charge in [-0.2, -0.15) is 0 Å². The zero-order valence-corrected chi connectivity index (χ0v) is 12.3. The summed E-state index contributed by atoms with van der Waals surface area (Å²) in [7, 11) is 0. The fourth-order valence-corrected chi connectivity index (χ4v) is 4.70. The number of fused-ring (bicyclic) bond motifs is 1. The molecule has 100 valence electrons. The lowest BCUT2D eigenvalue weighted by Crippen LogP contribution is -2.32. The van der Waals surface area contributed by atoms with Gasteiger partial charge < -0.3 is 5.32 Å². The van der Waals surface area contributed by atoms with Crippen molar-refractivity contribution >= 4 is 11.3 Å². The Balaban J connectivity index is 1.64. The highest BCUT2D eigenvalue weighted by atomic mass is 32.1. The Morgan fingerprint density at radius 1 is 1.11 bits per heavy atom. The van der Waals surface area contributed by atoms with Gasteiger partial charge in [0.05, 0.1) is 0 Å². The summed E-state index contributed by atoms with van der Waals surface area (Å²) in [6.45, 7) is 2.35. The summed E-state index contributed by atoms with van der Waals surface area (Å²) in [6.07, 6.45) is 12.5. The Morgan fingerprint density at radius 2 is 1.89 bits per heavy atom. The molecule has 1 fully saturated rings. The quantitative estimate of drug-likeness (QED) is 0.839. The average molecular weight is 263 g/mol. The van der Waals surface area contributed by atoms with Crippen molar-refractivity contribution in [1.82, 2.24) is 5.32 Å². The molecule has 1 unspecified atom stereocenters. The lowest BCUT2D eigenvalue weighted by Gasteiger charge is -2.26. The number of aryl methyl sites for hydroxylation is 2. The number of nitrogens with one attached hydrogen (secondary N) is 1. The van der Waals surface area contributed by atoms with Crippen LogP contribution in [0.1, 0.15) is 73.2 Å². The van der Waals surface area contributed by atoms with Crippen molar-refractivity contribution < 1.29 is 0 Å². The molecule has 1 atom stereocenters. The summed E-state index contributed by atoms with van der Waals surface area (Å²) in [5.41, 5.74) is 1.65. The van der Waals surface area contributed by atoms with E-state index in [-0.39, 0.29) is 0 Å². The van der Waals surface area contributed by atoms with Crippen LogP contribution in [-0.4, -0.2) is 6.04 Å². The molecule has 2 aliphatic carbocycles. The van der Waals surface area contributed by atoms with Crippen molar-refractivity contribution in [2.24, 2.45) is 0 Å². The van der Waals surface area contributed by atoms with Crippen molar-refractivity contribution in [1.29, 1.82) is 0 Å². The van der Waals surface area contributed by atoms with E-state index in [1.54, 1.807) is 15.3 Å². The molecular weight excluding hydrogens is 238 g/mol. The molecule has 1 N–H and O–H groups in total. The van der Waals surface area contributed by atoms with Gasteiger partial charge in [0.25, 0.3) is 0 Å². The molecule has 18 heavy (non-hydrogen) atoms. The molecule has 0 amide bonds. The Bertz CT molecular complexity index is 366. The van der Waals surface area contributed by atoms with Crippen molar-refractivity contribution in [3.8, 4) is 0 Å². The third-order valence-corrected chi connectivity index (χ3v) is 5.95. The van der Waals surface area contributed by atoms with E-state index in [0.717, 1.165) is 6.04 Å². The van der Waals surface area contributed by atoms with E-state index < -0.39 is 0 Å². The number of rotatable bonds is 3. The van der Waals surface area contributed by atoms with Crippen molar-refractivity contribution in [2.75, 3.05) is 0 Å². The maximum atomic E-state index is 3.85. The van der Waals surface area contributed by atoms with Gasteiger partial charge in [0, 0.05) is 21.8 Å². The van der Waals surface area contributed by atoms with Crippen LogP contribution in [0.4, 0.5) is 0 Å². The maximum absolute atomic E-state index is 3.85. The Labute approximate surface area is 115 Å². The first-order valence-corrected chi connectivity index (χ1v) is 8.52. The molecule has 3 rings (SSSR count). The first kappa shape index (κ1) is 12.7. The van der Waals surface area contributed by atoms with Crippen molar-refractivity contribution in [3.63, 3.8) is 0 Å². The summed E-state index contributed by atoms with van der Waals surface area (Å²) in [5, 5.41) is 3.85. The Kier molecular flexibility index (Phi) is 4.05. The molecule has 2 heteroatoms. The molecule has 0 bridgehead atoms. The second kappa shape index (κ2) is 5.75. The largest absolute Gasteiger partial charge is 0.307 e. The van der Waals surface area contributed by atoms with Crippen molar-refractivity contribution in [2.45, 2.75) is 76.8 Å². The van der Waals surface area contributed by atoms with Gasteiger partial charge in [-0.3, -0.25) is 0 Å². The van der Waals surface area contributed by atoms with E-state index in [2.05, 4.69) is 29.6 Å². The van der Waals surface area contributed by atoms with E-state index in [1.165, 1.54) is 57.8 Å². The fourth-order valence-electron chi connectivity index (χ4n) is 3.43. The highest BCUT2D eigenvalue weighted by Gasteiger charge is 2.20. The minimum atomic E-state index is 0.559. The lowest BCUT2D eigenvalue weighted by molar-refractivity contribution is 0.348. The number of hydrogen-bond donors (Lipinski definition) is 1. The van der Waals surface area contributed by atoms with Crippen LogP contribution in [0.3, 0.4) is 0 Å². The van der Waals surface area contributed by atoms with Crippen LogP contribution in [0.2, 0.25) is 0 Å². The SMILES string of the molecule is CC(NC1CCCCC1)c1cc2c(s1)CCCC2. The van der Waals surface area contributed by atoms with Crippen molar-refractivity contribution in [3.05, 3.63) is 21.4 Å². The minimum absolute atomic E-state index is 0.559. The lowest BCUT2D eigenvalue weighted by atomic mass is 9.94. The van der Waals surface area contributed by atoms with E-state index >= 15 is 0 Å². The van der Waals surface area contributed by atoms with E-state index in [0.29, 0.717) is 6.04 Å². The van der Waals surface area contributed by atoms with Gasteiger partial charge in [-0.25, -0.2) is 0 Å². The molecule has 1 nitrogen and oxygen atoms in total. The smallest absolute Gasteiger partial charge is 0.0388 e. The van der Waals surface area contributed by atoms with Gasteiger partial charge in [0.15, 0.2) is 0 Å². The van der Waals surface area contributed by atoms with E-state index in [4.69, 9.17) is 0 Å². The van der Waals surface area contributed by atoms with Crippen LogP contribution < -0.4 is 5.32 Å². The van der Waals surface area contributed by atoms with Gasteiger partial charge in [0.2, 0.25) is 0 Å². The molecule has 0 aliphatic heterocycles. The molecule has 1 aromatic rings. The predicted octanol–water partition coefficient (Wildman–Crippen LogP) is 4.61. The predicted molar refractivity (Wildman–Crippen MR) is 79.4 cm³/mol. The minimum Gasteiger partial charge on any atom is -0.307 e. The molecule has 1 heterocycles. The topological polar surface area (TPSA) is 12.0 Å². The van der Waals surface area contributed by atoms with Gasteiger partial charge in [0.1, 0.15) is 0 Å². The standard InChI is InChI=1S/C16H25NS/c1-12(17-14-8-3-2-4-9-14)16-11-13-7-5-6-10-15(13)18-16/h11-12,14,17H,2-10H2,1H3. The molecule has 0 spiro atoms. The molecular formula is C16H25NS. The first-order chi connectivity index (χ1) is 8.83. The highest BCUT2D eigenvalue weighted by Crippen LogP contribution is 2.33. The van der Waals surface area contributed by atoms with Crippen LogP contribution >= 0.6 is 11.3 Å². The van der Waals surface area contributed by atoms with Gasteiger partial charge in [-0.15, -0.1) is 11.3 Å². The monoisotopic (exact) mass is 263 g/mol. The normalized spacial score (nSPS) is 22.7. The zero-order chi connectivity index (χ0) is 12.4. The second-order valence-corrected chi connectivity index (χ2v) is 7.20. The average Bonchev–Trinajstić information content (AvgIpc) is 2.84. The molecule has 0 radical (unpaired) electrons. The second-order valence-electron chi connectivity index (χ2n) is 6.03. The van der Waals surface area contributed by atoms with Crippen LogP contribution in [0.5, 0.6) is 0 Å². The van der Waals surface area contributed by atoms with Crippen LogP contribution in [0, 0.1) is 0 Å². The van der Waals surface area contributed by atoms with Crippen LogP contribution in [0.15, 0.2) is 6.07 Å². The van der Waals surface area contributed by atoms with Gasteiger partial charge in [-0.05, 0) is 57.1 Å². The molecule has 2 aliphatic rings. The third-order valence-electron chi connectivity index (χ3n) is 4.53. The van der Waals surface area contributed by atoms with E-state index in [1.807, 2.05) is 0 Å². The first-order valence-electron chi connectivity index (χ1n) is 7.70. The summed E-state index contributed by atoms with van der Waals surface area (Å²) in [5.74, 6) is 0. The Morgan fingerprint density at radius 3 is 2.67 bits per heavy atom. The highest BCUT2D eigenvalue weighted by molar-refractivity contribution is 7.12. The Hall–Kier alpha value is -0.340. The summed E-state index contributed by atoms with van der Waals surface area (Å²) in [4.78, 5) is 3.25. The number of hydrogen-bond acceptors (Lipinski definition) is 2. The third kappa shape index (κ3) is 2.80. The molecule has 1 aromatic heterocycles. The molecule has 1 saturated carbocycles. The van der Waals surface area contributed by atoms with Gasteiger partial charge >= 0.3 is 0 Å². The van der Waals surface area contributed by atoms with Crippen LogP contribution in [0.25, 0.3) is 0 Å². The fraction of sp³-hybridized carbons (Fsp3) is 0.750. The summed E-state index contributed by atoms with van der Waals surface area (Å²) < 4.78 is 0. The zero-order valence-electron chi connectivity index (χ0n) is 11.5. The molecule has 0 saturated heterocycles. The maximum Gasteiger partial charge on any atom is 0.0388 e. The number of thiophene rings is 1.